The minimum atomic E-state index is -0.438. The van der Waals surface area contributed by atoms with Crippen LogP contribution >= 0.6 is 0 Å². The van der Waals surface area contributed by atoms with Crippen LogP contribution in [0.3, 0.4) is 0 Å². The third-order valence-electron chi connectivity index (χ3n) is 5.47. The van der Waals surface area contributed by atoms with Crippen LogP contribution in [-0.4, -0.2) is 29.6 Å². The van der Waals surface area contributed by atoms with Crippen LogP contribution < -0.4 is 9.47 Å². The number of para-hydroxylation sites is 2. The first kappa shape index (κ1) is 22.0. The third kappa shape index (κ3) is 5.09. The molecule has 0 N–H and O–H groups in total. The van der Waals surface area contributed by atoms with Crippen LogP contribution in [0, 0.1) is 10.1 Å². The summed E-state index contributed by atoms with van der Waals surface area (Å²) in [5, 5.41) is 10.8. The number of ether oxygens (including phenoxy) is 2. The van der Waals surface area contributed by atoms with Crippen LogP contribution in [0.2, 0.25) is 0 Å². The largest absolute Gasteiger partial charge is 0.485 e. The molecule has 0 atom stereocenters. The molecule has 2 aliphatic heterocycles. The lowest BCUT2D eigenvalue weighted by Gasteiger charge is -2.16. The Labute approximate surface area is 202 Å². The van der Waals surface area contributed by atoms with E-state index in [0.717, 1.165) is 34.0 Å². The summed E-state index contributed by atoms with van der Waals surface area (Å²) in [6, 6.07) is 32.0. The van der Waals surface area contributed by atoms with Gasteiger partial charge in [0.25, 0.3) is 5.69 Å². The topological polar surface area (TPSA) is 86.3 Å². The average molecular weight is 463 g/mol. The predicted octanol–water partition coefficient (Wildman–Crippen LogP) is 6.31. The number of benzene rings is 4. The highest BCUT2D eigenvalue weighted by Gasteiger charge is 2.18. The van der Waals surface area contributed by atoms with Gasteiger partial charge in [-0.25, -0.2) is 9.98 Å². The summed E-state index contributed by atoms with van der Waals surface area (Å²) in [6.45, 7) is 0.913. The second kappa shape index (κ2) is 10.0. The maximum Gasteiger partial charge on any atom is 0.271 e. The van der Waals surface area contributed by atoms with Crippen LogP contribution in [0.5, 0.6) is 11.5 Å². The molecule has 0 saturated heterocycles. The molecule has 4 aromatic rings. The molecule has 4 aromatic carbocycles. The Kier molecular flexibility index (Phi) is 6.30. The van der Waals surface area contributed by atoms with E-state index < -0.39 is 4.92 Å². The summed E-state index contributed by atoms with van der Waals surface area (Å²) in [6.07, 6.45) is 0. The van der Waals surface area contributed by atoms with Crippen molar-refractivity contribution >= 4 is 28.5 Å². The van der Waals surface area contributed by atoms with E-state index in [1.807, 2.05) is 72.8 Å². The highest BCUT2D eigenvalue weighted by molar-refractivity contribution is 6.05. The summed E-state index contributed by atoms with van der Waals surface area (Å²) in [5.41, 5.74) is 5.26. The van der Waals surface area contributed by atoms with Gasteiger partial charge in [-0.3, -0.25) is 10.1 Å². The second-order valence-electron chi connectivity index (χ2n) is 7.80. The summed E-state index contributed by atoms with van der Waals surface area (Å²) in [7, 11) is 0. The molecule has 0 amide bonds. The number of hydrogen-bond donors (Lipinski definition) is 0. The van der Waals surface area contributed by atoms with Gasteiger partial charge in [-0.2, -0.15) is 0 Å². The summed E-state index contributed by atoms with van der Waals surface area (Å²) in [4.78, 5) is 19.4. The molecule has 0 spiro atoms. The fourth-order valence-electron chi connectivity index (χ4n) is 3.70. The van der Waals surface area contributed by atoms with Gasteiger partial charge in [0.1, 0.15) is 36.1 Å². The lowest BCUT2D eigenvalue weighted by Crippen LogP contribution is -2.16. The van der Waals surface area contributed by atoms with Crippen LogP contribution in [0.4, 0.5) is 17.1 Å². The van der Waals surface area contributed by atoms with Gasteiger partial charge in [0, 0.05) is 12.1 Å². The molecule has 0 saturated carbocycles. The van der Waals surface area contributed by atoms with E-state index in [0.29, 0.717) is 24.7 Å². The van der Waals surface area contributed by atoms with Crippen LogP contribution in [0.25, 0.3) is 0 Å². The zero-order valence-corrected chi connectivity index (χ0v) is 18.7. The van der Waals surface area contributed by atoms with E-state index in [1.165, 1.54) is 12.1 Å². The molecule has 0 unspecified atom stereocenters. The van der Waals surface area contributed by atoms with Crippen molar-refractivity contribution in [1.29, 1.82) is 0 Å². The van der Waals surface area contributed by atoms with Gasteiger partial charge in [-0.05, 0) is 29.3 Å². The molecule has 6 rings (SSSR count). The van der Waals surface area contributed by atoms with Crippen LogP contribution in [-0.2, 0) is 0 Å². The van der Waals surface area contributed by atoms with E-state index in [2.05, 4.69) is 22.1 Å². The van der Waals surface area contributed by atoms with E-state index in [1.54, 1.807) is 6.07 Å². The minimum Gasteiger partial charge on any atom is -0.485 e. The van der Waals surface area contributed by atoms with Gasteiger partial charge in [-0.15, -0.1) is 0 Å². The molecule has 0 bridgehead atoms. The molecule has 0 fully saturated rings. The lowest BCUT2D eigenvalue weighted by atomic mass is 10.1. The second-order valence-corrected chi connectivity index (χ2v) is 7.80. The number of rotatable bonds is 3. The molecule has 0 aromatic heterocycles. The van der Waals surface area contributed by atoms with Gasteiger partial charge in [0.05, 0.1) is 16.3 Å². The Morgan fingerprint density at radius 1 is 0.629 bits per heavy atom. The van der Waals surface area contributed by atoms with Crippen molar-refractivity contribution in [1.82, 2.24) is 0 Å². The maximum absolute atomic E-state index is 10.8. The monoisotopic (exact) mass is 463 g/mol. The first-order valence-electron chi connectivity index (χ1n) is 11.1. The molecular weight excluding hydrogens is 442 g/mol. The van der Waals surface area contributed by atoms with Crippen molar-refractivity contribution in [3.05, 3.63) is 124 Å². The molecule has 7 nitrogen and oxygen atoms in total. The number of fused-ring (bicyclic) bond motifs is 2. The van der Waals surface area contributed by atoms with E-state index >= 15 is 0 Å². The van der Waals surface area contributed by atoms with Crippen molar-refractivity contribution < 1.29 is 14.4 Å². The average Bonchev–Trinajstić information content (AvgIpc) is 2.93. The Hall–Kier alpha value is -4.78. The van der Waals surface area contributed by atoms with E-state index in [4.69, 9.17) is 9.47 Å². The molecule has 35 heavy (non-hydrogen) atoms. The third-order valence-corrected chi connectivity index (χ3v) is 5.47. The zero-order chi connectivity index (χ0) is 24.0. The van der Waals surface area contributed by atoms with Gasteiger partial charge >= 0.3 is 0 Å². The first-order chi connectivity index (χ1) is 17.2. The number of aliphatic imine (C=N–C) groups is 2. The van der Waals surface area contributed by atoms with Crippen LogP contribution in [0.1, 0.15) is 11.1 Å². The predicted molar refractivity (Wildman–Crippen MR) is 136 cm³/mol. The molecule has 0 radical (unpaired) electrons. The Morgan fingerprint density at radius 3 is 1.74 bits per heavy atom. The zero-order valence-electron chi connectivity index (χ0n) is 18.7. The number of nitro groups is 1. The SMILES string of the molecule is O=[N+]([O-])c1ccc2c(c1)N=C(c1ccccc1)CO2.c1ccc(C2=Nc3ccccc3OC2)cc1. The number of non-ortho nitro benzene ring substituents is 1. The van der Waals surface area contributed by atoms with E-state index in [9.17, 15) is 10.1 Å². The van der Waals surface area contributed by atoms with Gasteiger partial charge < -0.3 is 9.47 Å². The normalized spacial score (nSPS) is 13.4. The van der Waals surface area contributed by atoms with Crippen molar-refractivity contribution in [2.45, 2.75) is 0 Å². The highest BCUT2D eigenvalue weighted by atomic mass is 16.6. The van der Waals surface area contributed by atoms with Gasteiger partial charge in [-0.1, -0.05) is 72.8 Å². The Bertz CT molecular complexity index is 1420. The molecule has 7 heteroatoms. The van der Waals surface area contributed by atoms with E-state index in [-0.39, 0.29) is 5.69 Å². The Balaban J connectivity index is 0.000000147. The smallest absolute Gasteiger partial charge is 0.271 e. The van der Waals surface area contributed by atoms with Gasteiger partial charge in [0.2, 0.25) is 0 Å². The van der Waals surface area contributed by atoms with Crippen molar-refractivity contribution in [3.8, 4) is 11.5 Å². The standard InChI is InChI=1S/C14H10N2O3.C14H11NO/c17-16(18)11-6-7-14-12(8-11)15-13(9-19-14)10-4-2-1-3-5-10;1-2-6-11(7-3-1)13-10-16-14-9-5-4-8-12(14)15-13/h1-8H,9H2;1-9H,10H2. The Morgan fingerprint density at radius 2 is 1.14 bits per heavy atom. The van der Waals surface area contributed by atoms with Crippen molar-refractivity contribution in [2.75, 3.05) is 13.2 Å². The molecule has 2 heterocycles. The fraction of sp³-hybridized carbons (Fsp3) is 0.0714. The highest BCUT2D eigenvalue weighted by Crippen LogP contribution is 2.35. The van der Waals surface area contributed by atoms with Crippen molar-refractivity contribution in [2.24, 2.45) is 9.98 Å². The molecular formula is C28H21N3O4. The summed E-state index contributed by atoms with van der Waals surface area (Å²) in [5.74, 6) is 1.44. The molecule has 0 aliphatic carbocycles. The molecule has 172 valence electrons. The summed E-state index contributed by atoms with van der Waals surface area (Å²) < 4.78 is 11.2. The lowest BCUT2D eigenvalue weighted by molar-refractivity contribution is -0.384. The fourth-order valence-corrected chi connectivity index (χ4v) is 3.70. The minimum absolute atomic E-state index is 0.0143. The van der Waals surface area contributed by atoms with Gasteiger partial charge in [0.15, 0.2) is 0 Å². The van der Waals surface area contributed by atoms with Crippen LogP contribution in [0.15, 0.2) is 113 Å². The number of nitro benzene ring substituents is 1. The number of hydrogen-bond acceptors (Lipinski definition) is 6. The quantitative estimate of drug-likeness (QED) is 0.263. The first-order valence-corrected chi connectivity index (χ1v) is 11.1. The van der Waals surface area contributed by atoms with Crippen molar-refractivity contribution in [3.63, 3.8) is 0 Å². The summed E-state index contributed by atoms with van der Waals surface area (Å²) >= 11 is 0. The number of nitrogens with zero attached hydrogens (tertiary/aromatic N) is 3. The maximum atomic E-state index is 10.8. The molecule has 2 aliphatic rings.